The van der Waals surface area contributed by atoms with Crippen molar-refractivity contribution in [1.82, 2.24) is 4.72 Å². The lowest BCUT2D eigenvalue weighted by molar-refractivity contribution is -0.117. The van der Waals surface area contributed by atoms with Crippen LogP contribution in [0.1, 0.15) is 41.5 Å². The fourth-order valence-corrected chi connectivity index (χ4v) is 5.76. The first kappa shape index (κ1) is 24.8. The van der Waals surface area contributed by atoms with Gasteiger partial charge in [-0.3, -0.25) is 9.69 Å². The Morgan fingerprint density at radius 1 is 1.12 bits per heavy atom. The highest BCUT2D eigenvalue weighted by molar-refractivity contribution is 7.98. The molecule has 0 saturated carbocycles. The Kier molecular flexibility index (Phi) is 6.91. The van der Waals surface area contributed by atoms with Gasteiger partial charge < -0.3 is 9.64 Å². The average molecular weight is 472 g/mol. The molecule has 0 aromatic heterocycles. The Hall–Kier alpha value is -2.84. The van der Waals surface area contributed by atoms with Crippen molar-refractivity contribution in [1.29, 1.82) is 0 Å². The van der Waals surface area contributed by atoms with Crippen LogP contribution in [0.25, 0.3) is 11.1 Å². The Balaban J connectivity index is 2.02. The quantitative estimate of drug-likeness (QED) is 0.668. The molecule has 1 aliphatic heterocycles. The molecule has 1 N–H and O–H groups in total. The molecule has 0 saturated heterocycles. The molecule has 1 aliphatic rings. The summed E-state index contributed by atoms with van der Waals surface area (Å²) in [4.78, 5) is 28.9. The van der Waals surface area contributed by atoms with Gasteiger partial charge in [-0.2, -0.15) is 0 Å². The molecular formula is C25H33N3O4S. The first-order valence-electron chi connectivity index (χ1n) is 11.0. The number of amides is 2. The zero-order chi connectivity index (χ0) is 24.6. The molecule has 0 fully saturated rings. The standard InChI is InChI=1S/C25H33N3O4S/c1-8-32-24(30)27-16-17(2)28(18(3)29)22-14-11-20(15-23(22)27)19-9-12-21(13-10-19)33(7,31)26-25(4,5)6/h9-15,17H,7-8,16H2,1-6H3,(H,26,31)/t17-,33?/m0/s1. The van der Waals surface area contributed by atoms with Crippen LogP contribution in [0.2, 0.25) is 0 Å². The van der Waals surface area contributed by atoms with E-state index in [1.807, 2.05) is 58.0 Å². The van der Waals surface area contributed by atoms with E-state index >= 15 is 0 Å². The number of carbonyl (C=O) groups excluding carboxylic acids is 2. The highest BCUT2D eigenvalue weighted by Crippen LogP contribution is 2.39. The Morgan fingerprint density at radius 3 is 2.27 bits per heavy atom. The van der Waals surface area contributed by atoms with Crippen LogP contribution in [0.3, 0.4) is 0 Å². The number of anilines is 2. The molecule has 1 unspecified atom stereocenters. The number of benzene rings is 2. The van der Waals surface area contributed by atoms with Gasteiger partial charge >= 0.3 is 6.09 Å². The highest BCUT2D eigenvalue weighted by Gasteiger charge is 2.34. The van der Waals surface area contributed by atoms with E-state index in [2.05, 4.69) is 10.6 Å². The van der Waals surface area contributed by atoms with Crippen molar-refractivity contribution in [3.8, 4) is 11.1 Å². The minimum atomic E-state index is -2.64. The van der Waals surface area contributed by atoms with Crippen LogP contribution in [0.4, 0.5) is 16.2 Å². The summed E-state index contributed by atoms with van der Waals surface area (Å²) in [6.45, 7) is 11.6. The van der Waals surface area contributed by atoms with Gasteiger partial charge in [0.1, 0.15) is 0 Å². The molecule has 8 heteroatoms. The summed E-state index contributed by atoms with van der Waals surface area (Å²) in [6, 6.07) is 12.9. The minimum absolute atomic E-state index is 0.0825. The molecule has 2 aromatic rings. The summed E-state index contributed by atoms with van der Waals surface area (Å²) in [5.41, 5.74) is 2.71. The zero-order valence-corrected chi connectivity index (χ0v) is 21.0. The first-order chi connectivity index (χ1) is 15.3. The molecule has 0 bridgehead atoms. The van der Waals surface area contributed by atoms with Crippen molar-refractivity contribution < 1.29 is 18.5 Å². The van der Waals surface area contributed by atoms with E-state index in [0.29, 0.717) is 22.8 Å². The molecule has 0 aliphatic carbocycles. The fraction of sp³-hybridized carbons (Fsp3) is 0.400. The monoisotopic (exact) mass is 471 g/mol. The lowest BCUT2D eigenvalue weighted by Crippen LogP contribution is -2.51. The van der Waals surface area contributed by atoms with Crippen LogP contribution in [-0.4, -0.2) is 46.8 Å². The predicted octanol–water partition coefficient (Wildman–Crippen LogP) is 4.45. The van der Waals surface area contributed by atoms with E-state index in [-0.39, 0.29) is 24.1 Å². The molecule has 2 atom stereocenters. The average Bonchev–Trinajstić information content (AvgIpc) is 2.71. The maximum absolute atomic E-state index is 13.0. The van der Waals surface area contributed by atoms with E-state index in [0.717, 1.165) is 11.1 Å². The smallest absolute Gasteiger partial charge is 0.414 e. The summed E-state index contributed by atoms with van der Waals surface area (Å²) in [5.74, 6) is 3.80. The van der Waals surface area contributed by atoms with E-state index < -0.39 is 15.8 Å². The molecule has 0 radical (unpaired) electrons. The maximum atomic E-state index is 13.0. The third-order valence-corrected chi connectivity index (χ3v) is 7.26. The number of ether oxygens (including phenoxy) is 1. The number of hydrogen-bond acceptors (Lipinski definition) is 4. The van der Waals surface area contributed by atoms with Gasteiger partial charge in [-0.15, -0.1) is 0 Å². The normalized spacial score (nSPS) is 17.8. The number of nitrogens with one attached hydrogen (secondary N) is 1. The zero-order valence-electron chi connectivity index (χ0n) is 20.2. The van der Waals surface area contributed by atoms with Gasteiger partial charge in [0.2, 0.25) is 5.91 Å². The second-order valence-corrected chi connectivity index (χ2v) is 11.3. The Morgan fingerprint density at radius 2 is 1.73 bits per heavy atom. The van der Waals surface area contributed by atoms with Gasteiger partial charge in [-0.25, -0.2) is 13.7 Å². The van der Waals surface area contributed by atoms with Gasteiger partial charge in [0.25, 0.3) is 0 Å². The van der Waals surface area contributed by atoms with Crippen LogP contribution in [-0.2, 0) is 19.2 Å². The molecule has 178 valence electrons. The third-order valence-electron chi connectivity index (χ3n) is 5.28. The van der Waals surface area contributed by atoms with Crippen molar-refractivity contribution in [2.45, 2.75) is 58.0 Å². The number of rotatable bonds is 4. The SMILES string of the molecule is C=S(=O)(NC(C)(C)C)c1ccc(-c2ccc3c(c2)N(C(=O)OCC)C[C@H](C)N3C(C)=O)cc1. The molecule has 1 heterocycles. The van der Waals surface area contributed by atoms with Gasteiger partial charge in [0.15, 0.2) is 0 Å². The van der Waals surface area contributed by atoms with E-state index in [4.69, 9.17) is 4.74 Å². The lowest BCUT2D eigenvalue weighted by Gasteiger charge is -2.40. The number of carbonyl (C=O) groups is 2. The topological polar surface area (TPSA) is 79.0 Å². The maximum Gasteiger partial charge on any atom is 0.414 e. The summed E-state index contributed by atoms with van der Waals surface area (Å²) >= 11 is 0. The van der Waals surface area contributed by atoms with Crippen LogP contribution >= 0.6 is 0 Å². The van der Waals surface area contributed by atoms with Crippen LogP contribution in [0.15, 0.2) is 47.4 Å². The molecule has 33 heavy (non-hydrogen) atoms. The number of nitrogens with zero attached hydrogens (tertiary/aromatic N) is 2. The molecule has 0 spiro atoms. The van der Waals surface area contributed by atoms with Gasteiger partial charge in [0.05, 0.1) is 33.7 Å². The van der Waals surface area contributed by atoms with Crippen molar-refractivity contribution >= 4 is 39.0 Å². The Labute approximate surface area is 196 Å². The van der Waals surface area contributed by atoms with E-state index in [1.165, 1.54) is 6.92 Å². The van der Waals surface area contributed by atoms with Gasteiger partial charge in [-0.05, 0) is 75.9 Å². The number of hydrogen-bond donors (Lipinski definition) is 1. The van der Waals surface area contributed by atoms with Crippen molar-refractivity contribution in [2.75, 3.05) is 23.0 Å². The second-order valence-electron chi connectivity index (χ2n) is 9.30. The van der Waals surface area contributed by atoms with Crippen molar-refractivity contribution in [2.24, 2.45) is 0 Å². The molecule has 7 nitrogen and oxygen atoms in total. The molecule has 2 aromatic carbocycles. The Bertz CT molecular complexity index is 1150. The first-order valence-corrected chi connectivity index (χ1v) is 12.7. The molecule has 2 amide bonds. The van der Waals surface area contributed by atoms with E-state index in [9.17, 15) is 13.8 Å². The second kappa shape index (κ2) is 9.19. The summed E-state index contributed by atoms with van der Waals surface area (Å²) < 4.78 is 21.4. The molecular weight excluding hydrogens is 438 g/mol. The largest absolute Gasteiger partial charge is 0.449 e. The summed E-state index contributed by atoms with van der Waals surface area (Å²) in [6.07, 6.45) is -0.439. The summed E-state index contributed by atoms with van der Waals surface area (Å²) in [5, 5.41) is 0. The number of fused-ring (bicyclic) bond motifs is 1. The molecule has 3 rings (SSSR count). The van der Waals surface area contributed by atoms with E-state index in [1.54, 1.807) is 28.9 Å². The summed E-state index contributed by atoms with van der Waals surface area (Å²) in [7, 11) is -2.64. The van der Waals surface area contributed by atoms with Crippen LogP contribution < -0.4 is 14.5 Å². The lowest BCUT2D eigenvalue weighted by atomic mass is 10.0. The highest BCUT2D eigenvalue weighted by atomic mass is 32.2. The van der Waals surface area contributed by atoms with Crippen LogP contribution in [0, 0.1) is 0 Å². The fourth-order valence-electron chi connectivity index (χ4n) is 4.08. The van der Waals surface area contributed by atoms with Gasteiger partial charge in [-0.1, -0.05) is 18.2 Å². The van der Waals surface area contributed by atoms with Crippen molar-refractivity contribution in [3.63, 3.8) is 0 Å². The predicted molar refractivity (Wildman–Crippen MR) is 135 cm³/mol. The van der Waals surface area contributed by atoms with Crippen LogP contribution in [0.5, 0.6) is 0 Å². The van der Waals surface area contributed by atoms with Gasteiger partial charge in [0, 0.05) is 23.9 Å². The van der Waals surface area contributed by atoms with Crippen molar-refractivity contribution in [3.05, 3.63) is 42.5 Å². The minimum Gasteiger partial charge on any atom is -0.449 e. The third kappa shape index (κ3) is 5.39.